The number of aromatic nitrogens is 2. The average molecular weight is 495 g/mol. The quantitative estimate of drug-likeness (QED) is 0.592. The largest absolute Gasteiger partial charge is 0.493 e. The number of hydrogen-bond donors (Lipinski definition) is 0. The Hall–Kier alpha value is -2.54. The Morgan fingerprint density at radius 1 is 0.944 bits per heavy atom. The van der Waals surface area contributed by atoms with Crippen LogP contribution in [-0.4, -0.2) is 71.7 Å². The monoisotopic (exact) mass is 494 g/mol. The minimum absolute atomic E-state index is 0.110. The standard InChI is InChI=1S/C29H42N4O3/c1-20(2)29(34)32-15-11-24(12-16-32)31-13-9-21(10-14-31)23-6-8-28-30-25(19-33(28)18-23)22-5-7-26(35-3)27(17-22)36-4/h5,7,17,19-21,23-24H,6,8-16,18H2,1-4H3. The van der Waals surface area contributed by atoms with Gasteiger partial charge in [0.25, 0.3) is 0 Å². The molecule has 0 radical (unpaired) electrons. The number of aryl methyl sites for hydroxylation is 1. The van der Waals surface area contributed by atoms with Gasteiger partial charge in [0.15, 0.2) is 11.5 Å². The van der Waals surface area contributed by atoms with Crippen LogP contribution in [0, 0.1) is 17.8 Å². The molecule has 3 aliphatic heterocycles. The number of nitrogens with zero attached hydrogens (tertiary/aromatic N) is 4. The van der Waals surface area contributed by atoms with E-state index in [0.717, 1.165) is 73.5 Å². The Morgan fingerprint density at radius 3 is 2.33 bits per heavy atom. The molecular weight excluding hydrogens is 452 g/mol. The molecule has 5 rings (SSSR count). The molecule has 0 saturated carbocycles. The fraction of sp³-hybridized carbons (Fsp3) is 0.655. The number of fused-ring (bicyclic) bond motifs is 1. The van der Waals surface area contributed by atoms with Gasteiger partial charge in [0.1, 0.15) is 5.82 Å². The summed E-state index contributed by atoms with van der Waals surface area (Å²) in [6, 6.07) is 6.68. The second kappa shape index (κ2) is 10.8. The lowest BCUT2D eigenvalue weighted by atomic mass is 9.79. The molecule has 1 aromatic heterocycles. The molecule has 7 nitrogen and oxygen atoms in total. The van der Waals surface area contributed by atoms with E-state index in [-0.39, 0.29) is 5.92 Å². The number of hydrogen-bond acceptors (Lipinski definition) is 5. The summed E-state index contributed by atoms with van der Waals surface area (Å²) >= 11 is 0. The van der Waals surface area contributed by atoms with Crippen LogP contribution in [-0.2, 0) is 17.8 Å². The fourth-order valence-corrected chi connectivity index (χ4v) is 6.56. The van der Waals surface area contributed by atoms with E-state index in [0.29, 0.717) is 11.9 Å². The van der Waals surface area contributed by atoms with Crippen molar-refractivity contribution in [2.45, 2.75) is 65.0 Å². The number of rotatable bonds is 6. The predicted octanol–water partition coefficient (Wildman–Crippen LogP) is 4.49. The first-order valence-electron chi connectivity index (χ1n) is 13.8. The van der Waals surface area contributed by atoms with E-state index in [1.54, 1.807) is 14.2 Å². The second-order valence-corrected chi connectivity index (χ2v) is 11.1. The number of carbonyl (C=O) groups is 1. The first-order chi connectivity index (χ1) is 17.5. The normalized spacial score (nSPS) is 22.0. The van der Waals surface area contributed by atoms with Gasteiger partial charge in [-0.25, -0.2) is 4.98 Å². The van der Waals surface area contributed by atoms with Crippen molar-refractivity contribution in [1.29, 1.82) is 0 Å². The average Bonchev–Trinajstić information content (AvgIpc) is 3.36. The highest BCUT2D eigenvalue weighted by Crippen LogP contribution is 2.36. The second-order valence-electron chi connectivity index (χ2n) is 11.1. The van der Waals surface area contributed by atoms with Crippen LogP contribution in [0.4, 0.5) is 0 Å². The van der Waals surface area contributed by atoms with E-state index in [2.05, 4.69) is 26.6 Å². The van der Waals surface area contributed by atoms with E-state index in [4.69, 9.17) is 14.5 Å². The molecule has 7 heteroatoms. The van der Waals surface area contributed by atoms with E-state index in [9.17, 15) is 4.79 Å². The molecular formula is C29H42N4O3. The third-order valence-corrected chi connectivity index (χ3v) is 8.74. The number of benzene rings is 1. The minimum atomic E-state index is 0.110. The van der Waals surface area contributed by atoms with Crippen LogP contribution in [0.1, 0.15) is 51.8 Å². The van der Waals surface area contributed by atoms with Gasteiger partial charge < -0.3 is 23.8 Å². The maximum Gasteiger partial charge on any atom is 0.225 e. The number of imidazole rings is 1. The van der Waals surface area contributed by atoms with Crippen LogP contribution < -0.4 is 9.47 Å². The Labute approximate surface area is 215 Å². The minimum Gasteiger partial charge on any atom is -0.493 e. The number of carbonyl (C=O) groups excluding carboxylic acids is 1. The Morgan fingerprint density at radius 2 is 1.67 bits per heavy atom. The zero-order valence-corrected chi connectivity index (χ0v) is 22.4. The summed E-state index contributed by atoms with van der Waals surface area (Å²) in [7, 11) is 3.34. The molecule has 0 N–H and O–H groups in total. The van der Waals surface area contributed by atoms with Gasteiger partial charge in [-0.05, 0) is 75.2 Å². The Kier molecular flexibility index (Phi) is 7.56. The summed E-state index contributed by atoms with van der Waals surface area (Å²) < 4.78 is 13.3. The summed E-state index contributed by atoms with van der Waals surface area (Å²) in [6.45, 7) is 9.36. The molecule has 3 aliphatic rings. The smallest absolute Gasteiger partial charge is 0.225 e. The molecule has 2 fully saturated rings. The van der Waals surface area contributed by atoms with Crippen molar-refractivity contribution in [2.75, 3.05) is 40.4 Å². The van der Waals surface area contributed by atoms with Crippen LogP contribution in [0.5, 0.6) is 11.5 Å². The molecule has 2 saturated heterocycles. The number of piperidine rings is 2. The van der Waals surface area contributed by atoms with Gasteiger partial charge in [-0.1, -0.05) is 13.8 Å². The molecule has 0 bridgehead atoms. The Balaban J connectivity index is 1.15. The van der Waals surface area contributed by atoms with Gasteiger partial charge in [0, 0.05) is 49.8 Å². The highest BCUT2D eigenvalue weighted by Gasteiger charge is 2.34. The number of ether oxygens (including phenoxy) is 2. The first-order valence-corrected chi connectivity index (χ1v) is 13.8. The van der Waals surface area contributed by atoms with Crippen molar-refractivity contribution in [3.8, 4) is 22.8 Å². The topological polar surface area (TPSA) is 59.8 Å². The number of likely N-dealkylation sites (tertiary alicyclic amines) is 2. The fourth-order valence-electron chi connectivity index (χ4n) is 6.56. The number of amides is 1. The van der Waals surface area contributed by atoms with Crippen LogP contribution in [0.2, 0.25) is 0 Å². The highest BCUT2D eigenvalue weighted by atomic mass is 16.5. The lowest BCUT2D eigenvalue weighted by Gasteiger charge is -2.44. The van der Waals surface area contributed by atoms with Crippen LogP contribution in [0.3, 0.4) is 0 Å². The SMILES string of the molecule is COc1ccc(-c2cn3c(n2)CCC(C2CCN(C4CCN(C(=O)C(C)C)CC4)CC2)C3)cc1OC. The lowest BCUT2D eigenvalue weighted by molar-refractivity contribution is -0.136. The van der Waals surface area contributed by atoms with Gasteiger partial charge in [-0.15, -0.1) is 0 Å². The van der Waals surface area contributed by atoms with Gasteiger partial charge in [-0.3, -0.25) is 4.79 Å². The van der Waals surface area contributed by atoms with Crippen molar-refractivity contribution in [3.05, 3.63) is 30.2 Å². The molecule has 4 heterocycles. The van der Waals surface area contributed by atoms with E-state index >= 15 is 0 Å². The third kappa shape index (κ3) is 5.13. The zero-order chi connectivity index (χ0) is 25.2. The lowest BCUT2D eigenvalue weighted by Crippen LogP contribution is -2.50. The summed E-state index contributed by atoms with van der Waals surface area (Å²) in [5.74, 6) is 4.64. The summed E-state index contributed by atoms with van der Waals surface area (Å²) in [5.41, 5.74) is 2.09. The van der Waals surface area contributed by atoms with Crippen LogP contribution in [0.25, 0.3) is 11.3 Å². The molecule has 1 amide bonds. The summed E-state index contributed by atoms with van der Waals surface area (Å²) in [5, 5.41) is 0. The van der Waals surface area contributed by atoms with Crippen molar-refractivity contribution in [2.24, 2.45) is 17.8 Å². The molecule has 0 spiro atoms. The van der Waals surface area contributed by atoms with Crippen LogP contribution in [0.15, 0.2) is 24.4 Å². The molecule has 1 atom stereocenters. The maximum atomic E-state index is 12.3. The number of methoxy groups -OCH3 is 2. The highest BCUT2D eigenvalue weighted by molar-refractivity contribution is 5.78. The van der Waals surface area contributed by atoms with Crippen molar-refractivity contribution >= 4 is 5.91 Å². The van der Waals surface area contributed by atoms with Crippen molar-refractivity contribution in [3.63, 3.8) is 0 Å². The van der Waals surface area contributed by atoms with Gasteiger partial charge in [0.2, 0.25) is 5.91 Å². The van der Waals surface area contributed by atoms with E-state index < -0.39 is 0 Å². The molecule has 1 aromatic carbocycles. The van der Waals surface area contributed by atoms with Crippen molar-refractivity contribution in [1.82, 2.24) is 19.4 Å². The van der Waals surface area contributed by atoms with Crippen LogP contribution >= 0.6 is 0 Å². The van der Waals surface area contributed by atoms with Crippen molar-refractivity contribution < 1.29 is 14.3 Å². The first kappa shape index (κ1) is 25.1. The molecule has 36 heavy (non-hydrogen) atoms. The summed E-state index contributed by atoms with van der Waals surface area (Å²) in [4.78, 5) is 22.1. The molecule has 196 valence electrons. The van der Waals surface area contributed by atoms with Gasteiger partial charge in [-0.2, -0.15) is 0 Å². The molecule has 1 unspecified atom stereocenters. The maximum absolute atomic E-state index is 12.3. The Bertz CT molecular complexity index is 1050. The third-order valence-electron chi connectivity index (χ3n) is 8.74. The van der Waals surface area contributed by atoms with E-state index in [1.807, 2.05) is 26.0 Å². The summed E-state index contributed by atoms with van der Waals surface area (Å²) in [6.07, 6.45) is 9.37. The van der Waals surface area contributed by atoms with Gasteiger partial charge in [0.05, 0.1) is 19.9 Å². The van der Waals surface area contributed by atoms with E-state index in [1.165, 1.54) is 38.2 Å². The predicted molar refractivity (Wildman–Crippen MR) is 141 cm³/mol. The molecule has 2 aromatic rings. The van der Waals surface area contributed by atoms with Gasteiger partial charge >= 0.3 is 0 Å². The zero-order valence-electron chi connectivity index (χ0n) is 22.4. The molecule has 0 aliphatic carbocycles.